The molecule has 0 aromatic heterocycles. The number of methoxy groups -OCH3 is 1. The smallest absolute Gasteiger partial charge is 0.343 e. The van der Waals surface area contributed by atoms with Crippen molar-refractivity contribution in [3.63, 3.8) is 0 Å². The summed E-state index contributed by atoms with van der Waals surface area (Å²) in [5.41, 5.74) is 1.24. The first-order valence-electron chi connectivity index (χ1n) is 12.4. The summed E-state index contributed by atoms with van der Waals surface area (Å²) in [6, 6.07) is 11.2. The van der Waals surface area contributed by atoms with Crippen LogP contribution in [-0.4, -0.2) is 31.3 Å². The minimum Gasteiger partial charge on any atom is -0.494 e. The van der Waals surface area contributed by atoms with E-state index in [1.165, 1.54) is 19.2 Å². The molecule has 35 heavy (non-hydrogen) atoms. The largest absolute Gasteiger partial charge is 0.494 e. The number of hydrogen-bond donors (Lipinski definition) is 0. The molecule has 1 aliphatic rings. The minimum atomic E-state index is -1.51. The Kier molecular flexibility index (Phi) is 10.1. The Labute approximate surface area is 205 Å². The molecule has 1 fully saturated rings. The fraction of sp³-hybridized carbons (Fsp3) is 0.500. The van der Waals surface area contributed by atoms with E-state index >= 15 is 0 Å². The van der Waals surface area contributed by atoms with Crippen molar-refractivity contribution < 1.29 is 32.6 Å². The normalized spacial score (nSPS) is 18.5. The van der Waals surface area contributed by atoms with Gasteiger partial charge in [-0.3, -0.25) is 0 Å². The molecule has 0 saturated heterocycles. The monoisotopic (exact) mass is 488 g/mol. The van der Waals surface area contributed by atoms with Crippen LogP contribution in [0.2, 0.25) is 0 Å². The van der Waals surface area contributed by atoms with Crippen LogP contribution in [0, 0.1) is 11.7 Å². The van der Waals surface area contributed by atoms with Crippen LogP contribution in [-0.2, 0) is 16.0 Å². The maximum Gasteiger partial charge on any atom is 0.343 e. The summed E-state index contributed by atoms with van der Waals surface area (Å²) in [5.74, 6) is -0.976. The Bertz CT molecular complexity index is 968. The van der Waals surface area contributed by atoms with Gasteiger partial charge >= 0.3 is 11.9 Å². The fourth-order valence-electron chi connectivity index (χ4n) is 4.33. The van der Waals surface area contributed by atoms with Crippen molar-refractivity contribution in [2.45, 2.75) is 77.0 Å². The van der Waals surface area contributed by atoms with E-state index in [2.05, 4.69) is 0 Å². The lowest BCUT2D eigenvalue weighted by Gasteiger charge is -2.28. The number of aryl methyl sites for hydroxylation is 1. The molecule has 0 radical (unpaired) electrons. The number of carbonyl (C=O) groups is 2. The maximum absolute atomic E-state index is 13.8. The van der Waals surface area contributed by atoms with E-state index in [1.54, 1.807) is 12.1 Å². The topological polar surface area (TPSA) is 61.8 Å². The van der Waals surface area contributed by atoms with Gasteiger partial charge in [0.05, 0.1) is 12.7 Å². The van der Waals surface area contributed by atoms with Crippen LogP contribution in [0.4, 0.5) is 8.78 Å². The number of halogens is 2. The lowest BCUT2D eigenvalue weighted by atomic mass is 9.83. The van der Waals surface area contributed by atoms with Crippen molar-refractivity contribution in [3.05, 3.63) is 59.4 Å². The molecule has 1 aliphatic carbocycles. The number of unbranched alkanes of at least 4 members (excludes halogenated alkanes) is 1. The van der Waals surface area contributed by atoms with Gasteiger partial charge in [0, 0.05) is 0 Å². The Morgan fingerprint density at radius 2 is 1.77 bits per heavy atom. The first-order valence-corrected chi connectivity index (χ1v) is 12.4. The van der Waals surface area contributed by atoms with E-state index in [0.717, 1.165) is 56.6 Å². The van der Waals surface area contributed by atoms with Gasteiger partial charge in [-0.05, 0) is 86.8 Å². The Hall–Kier alpha value is -2.96. The molecule has 0 bridgehead atoms. The summed E-state index contributed by atoms with van der Waals surface area (Å²) in [5, 5.41) is 0. The summed E-state index contributed by atoms with van der Waals surface area (Å²) in [4.78, 5) is 24.2. The summed E-state index contributed by atoms with van der Waals surface area (Å²) >= 11 is 0. The van der Waals surface area contributed by atoms with Crippen molar-refractivity contribution in [3.8, 4) is 11.5 Å². The molecule has 7 heteroatoms. The molecule has 0 aliphatic heterocycles. The van der Waals surface area contributed by atoms with Crippen LogP contribution in [0.3, 0.4) is 0 Å². The molecule has 3 rings (SSSR count). The summed E-state index contributed by atoms with van der Waals surface area (Å²) < 4.78 is 43.2. The third-order valence-electron chi connectivity index (χ3n) is 6.51. The summed E-state index contributed by atoms with van der Waals surface area (Å²) in [7, 11) is 1.36. The Balaban J connectivity index is 1.39. The highest BCUT2D eigenvalue weighted by Gasteiger charge is 2.27. The minimum absolute atomic E-state index is 0.0659. The number of rotatable bonds is 11. The molecule has 5 nitrogen and oxygen atoms in total. The lowest BCUT2D eigenvalue weighted by molar-refractivity contribution is -0.157. The van der Waals surface area contributed by atoms with Gasteiger partial charge in [-0.1, -0.05) is 31.9 Å². The standard InChI is InChI=1S/C28H34F2O5/c1-3-4-5-24(29)28(32)35-23-15-10-20(11-16-23)7-6-19-8-13-22(14-9-19)34-27(31)21-12-17-26(33-2)25(30)18-21/h8-9,12-14,17-18,20,23-24H,3-7,10-11,15-16H2,1-2H3/t20-,23-,24-/m0/s1. The molecule has 0 spiro atoms. The second-order valence-corrected chi connectivity index (χ2v) is 9.11. The van der Waals surface area contributed by atoms with Gasteiger partial charge in [0.25, 0.3) is 0 Å². The molecule has 2 aromatic carbocycles. The predicted octanol–water partition coefficient (Wildman–Crippen LogP) is 6.62. The average Bonchev–Trinajstić information content (AvgIpc) is 2.87. The van der Waals surface area contributed by atoms with E-state index in [4.69, 9.17) is 14.2 Å². The Morgan fingerprint density at radius 3 is 2.40 bits per heavy atom. The van der Waals surface area contributed by atoms with E-state index < -0.39 is 23.9 Å². The van der Waals surface area contributed by atoms with Crippen LogP contribution < -0.4 is 9.47 Å². The first-order chi connectivity index (χ1) is 16.9. The zero-order chi connectivity index (χ0) is 25.2. The number of esters is 2. The van der Waals surface area contributed by atoms with Crippen molar-refractivity contribution >= 4 is 11.9 Å². The number of ether oxygens (including phenoxy) is 3. The lowest BCUT2D eigenvalue weighted by Crippen LogP contribution is -2.29. The van der Waals surface area contributed by atoms with Crippen molar-refractivity contribution in [1.82, 2.24) is 0 Å². The summed E-state index contributed by atoms with van der Waals surface area (Å²) in [6.45, 7) is 1.97. The third kappa shape index (κ3) is 8.05. The van der Waals surface area contributed by atoms with E-state index in [9.17, 15) is 18.4 Å². The first kappa shape index (κ1) is 26.6. The average molecular weight is 489 g/mol. The van der Waals surface area contributed by atoms with Gasteiger partial charge in [0.1, 0.15) is 11.9 Å². The van der Waals surface area contributed by atoms with Gasteiger partial charge in [-0.25, -0.2) is 18.4 Å². The van der Waals surface area contributed by atoms with E-state index in [0.29, 0.717) is 18.1 Å². The molecule has 1 saturated carbocycles. The van der Waals surface area contributed by atoms with Gasteiger partial charge in [-0.2, -0.15) is 0 Å². The van der Waals surface area contributed by atoms with Gasteiger partial charge in [0.15, 0.2) is 17.7 Å². The van der Waals surface area contributed by atoms with Gasteiger partial charge < -0.3 is 14.2 Å². The SMILES string of the molecule is CCCC[C@H](F)C(=O)O[C@H]1CC[C@H](CCc2ccc(OC(=O)c3ccc(OC)c(F)c3)cc2)CC1. The zero-order valence-corrected chi connectivity index (χ0v) is 20.4. The van der Waals surface area contributed by atoms with Crippen molar-refractivity contribution in [2.75, 3.05) is 7.11 Å². The van der Waals surface area contributed by atoms with Crippen molar-refractivity contribution in [1.29, 1.82) is 0 Å². The molecule has 190 valence electrons. The number of alkyl halides is 1. The quantitative estimate of drug-likeness (QED) is 0.263. The number of hydrogen-bond acceptors (Lipinski definition) is 5. The predicted molar refractivity (Wildman–Crippen MR) is 129 cm³/mol. The molecular weight excluding hydrogens is 454 g/mol. The molecule has 2 aromatic rings. The van der Waals surface area contributed by atoms with Gasteiger partial charge in [-0.15, -0.1) is 0 Å². The van der Waals surface area contributed by atoms with Crippen LogP contribution in [0.1, 0.15) is 74.2 Å². The molecule has 0 N–H and O–H groups in total. The second-order valence-electron chi connectivity index (χ2n) is 9.11. The highest BCUT2D eigenvalue weighted by Crippen LogP contribution is 2.30. The van der Waals surface area contributed by atoms with E-state index in [1.807, 2.05) is 19.1 Å². The van der Waals surface area contributed by atoms with E-state index in [-0.39, 0.29) is 23.8 Å². The molecule has 0 unspecified atom stereocenters. The fourth-order valence-corrected chi connectivity index (χ4v) is 4.33. The van der Waals surface area contributed by atoms with Gasteiger partial charge in [0.2, 0.25) is 0 Å². The zero-order valence-electron chi connectivity index (χ0n) is 20.4. The van der Waals surface area contributed by atoms with Crippen LogP contribution in [0.25, 0.3) is 0 Å². The van der Waals surface area contributed by atoms with Crippen molar-refractivity contribution in [2.24, 2.45) is 5.92 Å². The maximum atomic E-state index is 13.8. The van der Waals surface area contributed by atoms with Crippen LogP contribution in [0.15, 0.2) is 42.5 Å². The highest BCUT2D eigenvalue weighted by molar-refractivity contribution is 5.91. The Morgan fingerprint density at radius 1 is 1.06 bits per heavy atom. The third-order valence-corrected chi connectivity index (χ3v) is 6.51. The second kappa shape index (κ2) is 13.2. The highest BCUT2D eigenvalue weighted by atomic mass is 19.1. The van der Waals surface area contributed by atoms with Crippen LogP contribution in [0.5, 0.6) is 11.5 Å². The summed E-state index contributed by atoms with van der Waals surface area (Å²) in [6.07, 6.45) is 5.46. The number of carbonyl (C=O) groups excluding carboxylic acids is 2. The molecule has 0 heterocycles. The molecular formula is C28H34F2O5. The number of benzene rings is 2. The van der Waals surface area contributed by atoms with Crippen LogP contribution >= 0.6 is 0 Å². The molecule has 1 atom stereocenters. The molecule has 0 amide bonds.